The number of carboxylic acids is 2. The number of rotatable bonds is 33. The van der Waals surface area contributed by atoms with Gasteiger partial charge in [-0.25, -0.2) is 9.59 Å². The van der Waals surface area contributed by atoms with E-state index >= 15 is 4.79 Å². The fourth-order valence-electron chi connectivity index (χ4n) is 12.5. The molecule has 15 atom stereocenters. The van der Waals surface area contributed by atoms with Gasteiger partial charge >= 0.3 is 11.9 Å². The molecule has 11 N–H and O–H groups in total. The number of hydrogen-bond acceptors (Lipinski definition) is 18. The standard InChI is InChI=1S/C63H93N9O19/c1-13-35(6)50(44(88-11)30-48(76)70-27-17-20-41(70)55(89-12)36(7)57(80)67-40(61(84)85)28-37-18-15-14-16-19-37)69(8)60(83)49(33(2)3)68-59(82)51(34(4)5)72(9,10)32-38-21-22-43(90-63-54(79)52(77)53(78)56(91-63)62(86)87)39(29-38)66-45(73)25-26-65-58(81)42(31-64)71-46(74)23-24-47(71)75/h14-16,18-19,21-24,29,33-36,40-42,44,49-56,63,77-79H,13,17,20,25-28,30-32,64H2,1-12H3,(H5-,65,66,67,68,73,80,81,82,84,85,86,87)/p+1/t35-,36+,40-,41-,42-,44-,49-,50-,51-,52+,53-,54-,55+,56-,63+/m0/s1. The van der Waals surface area contributed by atoms with Crippen LogP contribution in [0.3, 0.4) is 0 Å². The van der Waals surface area contributed by atoms with Crippen LogP contribution in [0.15, 0.2) is 60.7 Å². The second-order valence-corrected chi connectivity index (χ2v) is 24.9. The van der Waals surface area contributed by atoms with E-state index in [1.165, 1.54) is 31.3 Å². The Hall–Kier alpha value is -7.44. The Balaban J connectivity index is 1.34. The van der Waals surface area contributed by atoms with Gasteiger partial charge in [0.05, 0.1) is 56.4 Å². The summed E-state index contributed by atoms with van der Waals surface area (Å²) < 4.78 is 23.2. The normalized spacial score (nSPS) is 22.3. The Kier molecular flexibility index (Phi) is 27.1. The molecule has 0 unspecified atom stereocenters. The van der Waals surface area contributed by atoms with E-state index < -0.39 is 157 Å². The first-order chi connectivity index (χ1) is 42.8. The van der Waals surface area contributed by atoms with Crippen molar-refractivity contribution < 1.29 is 96.9 Å². The number of aliphatic carboxylic acids is 2. The smallest absolute Gasteiger partial charge is 0.335 e. The number of aliphatic hydroxyl groups is 3. The zero-order valence-electron chi connectivity index (χ0n) is 54.0. The fourth-order valence-corrected chi connectivity index (χ4v) is 12.5. The number of anilines is 1. The van der Waals surface area contributed by atoms with Crippen molar-refractivity contribution in [3.63, 3.8) is 0 Å². The van der Waals surface area contributed by atoms with Crippen LogP contribution in [0.1, 0.15) is 91.7 Å². The number of amides is 8. The van der Waals surface area contributed by atoms with Crippen LogP contribution in [0.4, 0.5) is 5.69 Å². The topological polar surface area (TPSA) is 393 Å². The minimum Gasteiger partial charge on any atom is -0.480 e. The molecule has 0 aromatic heterocycles. The molecule has 0 bridgehead atoms. The number of benzene rings is 2. The van der Waals surface area contributed by atoms with Crippen molar-refractivity contribution in [2.45, 2.75) is 173 Å². The largest absolute Gasteiger partial charge is 0.480 e. The first-order valence-electron chi connectivity index (χ1n) is 30.7. The third kappa shape index (κ3) is 18.6. The van der Waals surface area contributed by atoms with Gasteiger partial charge in [0.25, 0.3) is 17.7 Å². The molecule has 3 aliphatic rings. The lowest BCUT2D eigenvalue weighted by atomic mass is 9.89. The van der Waals surface area contributed by atoms with Crippen molar-refractivity contribution in [2.75, 3.05) is 60.3 Å². The van der Waals surface area contributed by atoms with Crippen LogP contribution >= 0.6 is 0 Å². The van der Waals surface area contributed by atoms with Gasteiger partial charge in [0.1, 0.15) is 48.7 Å². The Labute approximate surface area is 530 Å². The Morgan fingerprint density at radius 2 is 1.47 bits per heavy atom. The van der Waals surface area contributed by atoms with Gasteiger partial charge in [-0.3, -0.25) is 43.3 Å². The van der Waals surface area contributed by atoms with Crippen molar-refractivity contribution in [3.8, 4) is 5.75 Å². The van der Waals surface area contributed by atoms with Gasteiger partial charge in [-0.05, 0) is 48.4 Å². The third-order valence-electron chi connectivity index (χ3n) is 17.3. The van der Waals surface area contributed by atoms with Crippen LogP contribution in [-0.4, -0.2) is 238 Å². The summed E-state index contributed by atoms with van der Waals surface area (Å²) in [5.74, 6) is -9.68. The summed E-state index contributed by atoms with van der Waals surface area (Å²) in [6.07, 6.45) is -8.36. The van der Waals surface area contributed by atoms with E-state index in [-0.39, 0.29) is 59.6 Å². The number of methoxy groups -OCH3 is 2. The van der Waals surface area contributed by atoms with Gasteiger partial charge < -0.3 is 85.8 Å². The maximum atomic E-state index is 15.0. The molecule has 0 spiro atoms. The quantitative estimate of drug-likeness (QED) is 0.0335. The zero-order chi connectivity index (χ0) is 67.9. The van der Waals surface area contributed by atoms with Crippen LogP contribution in [-0.2, 0) is 75.1 Å². The fraction of sp³-hybridized carbons (Fsp3) is 0.619. The van der Waals surface area contributed by atoms with Crippen LogP contribution in [0.2, 0.25) is 0 Å². The zero-order valence-corrected chi connectivity index (χ0v) is 54.0. The molecule has 5 rings (SSSR count). The number of imide groups is 1. The maximum Gasteiger partial charge on any atom is 0.335 e. The maximum absolute atomic E-state index is 15.0. The minimum absolute atomic E-state index is 0.0437. The summed E-state index contributed by atoms with van der Waals surface area (Å²) >= 11 is 0. The Morgan fingerprint density at radius 1 is 0.824 bits per heavy atom. The van der Waals surface area contributed by atoms with Gasteiger partial charge in [-0.2, -0.15) is 0 Å². The van der Waals surface area contributed by atoms with Crippen LogP contribution in [0.5, 0.6) is 5.75 Å². The van der Waals surface area contributed by atoms with E-state index in [4.69, 9.17) is 24.7 Å². The molecule has 0 saturated carbocycles. The molecule has 3 heterocycles. The summed E-state index contributed by atoms with van der Waals surface area (Å²) in [4.78, 5) is 138. The minimum atomic E-state index is -2.03. The average Bonchev–Trinajstić information content (AvgIpc) is 1.39. The Morgan fingerprint density at radius 3 is 2.03 bits per heavy atom. The predicted octanol–water partition coefficient (Wildman–Crippen LogP) is 0.129. The van der Waals surface area contributed by atoms with Crippen molar-refractivity contribution in [1.29, 1.82) is 0 Å². The lowest BCUT2D eigenvalue weighted by Gasteiger charge is -2.42. The summed E-state index contributed by atoms with van der Waals surface area (Å²) in [7, 11) is 8.12. The molecule has 2 fully saturated rings. The number of nitrogens with one attached hydrogen (secondary N) is 4. The van der Waals surface area contributed by atoms with E-state index in [0.717, 1.165) is 17.7 Å². The van der Waals surface area contributed by atoms with Crippen molar-refractivity contribution in [3.05, 3.63) is 71.8 Å². The van der Waals surface area contributed by atoms with Gasteiger partial charge in [0.15, 0.2) is 12.1 Å². The van der Waals surface area contributed by atoms with Crippen LogP contribution in [0.25, 0.3) is 0 Å². The molecule has 504 valence electrons. The van der Waals surface area contributed by atoms with E-state index in [0.29, 0.717) is 36.3 Å². The number of aliphatic hydroxyl groups excluding tert-OH is 3. The monoisotopic (exact) mass is 1280 g/mol. The van der Waals surface area contributed by atoms with Crippen molar-refractivity contribution in [1.82, 2.24) is 30.7 Å². The molecule has 0 aliphatic carbocycles. The number of carboxylic acid groups (broad SMARTS) is 2. The summed E-state index contributed by atoms with van der Waals surface area (Å²) in [5, 5.41) is 62.4. The number of likely N-dealkylation sites (N-methyl/N-ethyl adjacent to an activating group) is 2. The van der Waals surface area contributed by atoms with Crippen molar-refractivity contribution in [2.24, 2.45) is 29.4 Å². The van der Waals surface area contributed by atoms with Crippen molar-refractivity contribution >= 4 is 64.9 Å². The highest BCUT2D eigenvalue weighted by atomic mass is 16.7. The molecule has 28 nitrogen and oxygen atoms in total. The Bertz CT molecular complexity index is 2910. The second kappa shape index (κ2) is 33.2. The third-order valence-corrected chi connectivity index (χ3v) is 17.3. The lowest BCUT2D eigenvalue weighted by Crippen LogP contribution is -2.63. The molecular formula is C63H94N9O19+. The first-order valence-corrected chi connectivity index (χ1v) is 30.7. The molecule has 8 amide bonds. The lowest BCUT2D eigenvalue weighted by molar-refractivity contribution is -0.922. The van der Waals surface area contributed by atoms with E-state index in [2.05, 4.69) is 21.3 Å². The second-order valence-electron chi connectivity index (χ2n) is 24.9. The summed E-state index contributed by atoms with van der Waals surface area (Å²) in [6, 6.07) is 7.66. The van der Waals surface area contributed by atoms with E-state index in [1.807, 2.05) is 33.8 Å². The predicted molar refractivity (Wildman–Crippen MR) is 329 cm³/mol. The van der Waals surface area contributed by atoms with E-state index in [1.54, 1.807) is 77.1 Å². The number of carbonyl (C=O) groups excluding carboxylic acids is 8. The summed E-state index contributed by atoms with van der Waals surface area (Å²) in [6.45, 7) is 12.6. The summed E-state index contributed by atoms with van der Waals surface area (Å²) in [5.41, 5.74) is 6.90. The number of hydrogen-bond donors (Lipinski definition) is 10. The highest BCUT2D eigenvalue weighted by Crippen LogP contribution is 2.34. The number of carbonyl (C=O) groups is 10. The van der Waals surface area contributed by atoms with Crippen LogP contribution < -0.4 is 31.7 Å². The first kappa shape index (κ1) is 74.3. The molecule has 2 aromatic carbocycles. The van der Waals surface area contributed by atoms with Crippen LogP contribution in [0, 0.1) is 23.7 Å². The van der Waals surface area contributed by atoms with Gasteiger partial charge in [-0.15, -0.1) is 0 Å². The SMILES string of the molecule is CC[C@H](C)[C@@H]([C@H](CC(=O)N1CCC[C@H]1[C@H](OC)[C@@H](C)C(=O)N[C@@H](Cc1ccccc1)C(=O)O)OC)N(C)C(=O)[C@@H](NC(=O)[C@H](C(C)C)[N+](C)(C)Cc1ccc(O[C@@H]2O[C@H](C(=O)O)[C@@H](O)[C@@H](O)[C@@H]2O)c(NC(=O)CCNC(=O)[C@H](CN)N2C(=O)C=CC2=O)c1)C(C)C. The number of nitrogens with two attached hydrogens (primary N) is 1. The highest BCUT2D eigenvalue weighted by molar-refractivity contribution is 6.15. The molecular weight excluding hydrogens is 1190 g/mol. The van der Waals surface area contributed by atoms with Gasteiger partial charge in [0, 0.05) is 77.4 Å². The number of likely N-dealkylation sites (tertiary alicyclic amines) is 1. The number of nitrogens with zero attached hydrogens (tertiary/aromatic N) is 4. The number of ether oxygens (including phenoxy) is 4. The molecule has 2 aromatic rings. The molecule has 28 heteroatoms. The molecule has 0 radical (unpaired) electrons. The molecule has 91 heavy (non-hydrogen) atoms. The molecule has 2 saturated heterocycles. The highest BCUT2D eigenvalue weighted by Gasteiger charge is 2.49. The average molecular weight is 1280 g/mol. The van der Waals surface area contributed by atoms with Gasteiger partial charge in [0.2, 0.25) is 35.8 Å². The van der Waals surface area contributed by atoms with Gasteiger partial charge in [-0.1, -0.05) is 85.2 Å². The number of quaternary nitrogens is 1. The van der Waals surface area contributed by atoms with E-state index in [9.17, 15) is 68.7 Å². The molecule has 3 aliphatic heterocycles.